The number of hydrogen-bond acceptors (Lipinski definition) is 4. The molecule has 0 atom stereocenters. The van der Waals surface area contributed by atoms with Crippen LogP contribution in [0.4, 0.5) is 0 Å². The predicted molar refractivity (Wildman–Crippen MR) is 24.1 cm³/mol. The summed E-state index contributed by atoms with van der Waals surface area (Å²) < 4.78 is 0. The van der Waals surface area contributed by atoms with Crippen molar-refractivity contribution in [2.45, 2.75) is 0 Å². The summed E-state index contributed by atoms with van der Waals surface area (Å²) in [7, 11) is 1.32. The van der Waals surface area contributed by atoms with E-state index in [2.05, 4.69) is 5.32 Å². The Bertz CT molecular complexity index is 124. The average Bonchev–Trinajstić information content (AvgIpc) is 1.65. The first kappa shape index (κ1) is 12.1. The summed E-state index contributed by atoms with van der Waals surface area (Å²) in [4.78, 5) is 8.65. The molecular weight excluding hydrogens is 151 g/mol. The van der Waals surface area contributed by atoms with Crippen LogP contribution in [0.15, 0.2) is 12.1 Å². The molecule has 0 unspecified atom stereocenters. The van der Waals surface area contributed by atoms with Gasteiger partial charge < -0.3 is 10.4 Å². The third-order valence-electron chi connectivity index (χ3n) is 0.469. The standard InChI is InChI=1S/C3H6N2O3.K/c1-4-3(6)2-5(7)8;/h2,4,6H,1H3;/q;+1/p-1/b3-2-;. The van der Waals surface area contributed by atoms with Crippen LogP contribution in [0.3, 0.4) is 0 Å². The molecular formula is C3H5KN2O3. The molecule has 1 N–H and O–H groups in total. The van der Waals surface area contributed by atoms with Gasteiger partial charge in [0.1, 0.15) is 0 Å². The van der Waals surface area contributed by atoms with Gasteiger partial charge in [-0.05, 0) is 0 Å². The van der Waals surface area contributed by atoms with Crippen molar-refractivity contribution < 1.29 is 61.4 Å². The monoisotopic (exact) mass is 156 g/mol. The van der Waals surface area contributed by atoms with Gasteiger partial charge in [-0.1, -0.05) is 0 Å². The Morgan fingerprint density at radius 3 is 2.33 bits per heavy atom. The van der Waals surface area contributed by atoms with Crippen molar-refractivity contribution in [2.24, 2.45) is 0 Å². The van der Waals surface area contributed by atoms with E-state index in [1.807, 2.05) is 0 Å². The van der Waals surface area contributed by atoms with Crippen LogP contribution in [0.25, 0.3) is 0 Å². The molecule has 0 heterocycles. The van der Waals surface area contributed by atoms with Gasteiger partial charge in [-0.15, -0.1) is 0 Å². The molecule has 0 aliphatic rings. The minimum atomic E-state index is -0.807. The maximum atomic E-state index is 10.0. The Hall–Kier alpha value is 0.376. The summed E-state index contributed by atoms with van der Waals surface area (Å²) in [6.07, 6.45) is 0.361. The zero-order valence-corrected chi connectivity index (χ0v) is 8.37. The molecule has 0 rings (SSSR count). The van der Waals surface area contributed by atoms with E-state index in [-0.39, 0.29) is 51.4 Å². The van der Waals surface area contributed by atoms with Crippen LogP contribution in [-0.2, 0) is 0 Å². The molecule has 0 radical (unpaired) electrons. The molecule has 46 valence electrons. The Balaban J connectivity index is 0. The molecule has 0 aliphatic heterocycles. The number of hydrogen-bond donors (Lipinski definition) is 1. The van der Waals surface area contributed by atoms with Crippen LogP contribution in [0.2, 0.25) is 0 Å². The van der Waals surface area contributed by atoms with E-state index in [9.17, 15) is 15.2 Å². The van der Waals surface area contributed by atoms with E-state index in [1.54, 1.807) is 0 Å². The first-order chi connectivity index (χ1) is 3.66. The van der Waals surface area contributed by atoms with Crippen molar-refractivity contribution in [3.63, 3.8) is 0 Å². The molecule has 0 fully saturated rings. The van der Waals surface area contributed by atoms with Crippen LogP contribution < -0.4 is 61.8 Å². The number of nitrogens with one attached hydrogen (secondary N) is 1. The summed E-state index contributed by atoms with van der Waals surface area (Å²) in [5.74, 6) is -0.699. The summed E-state index contributed by atoms with van der Waals surface area (Å²) in [5.41, 5.74) is 0. The van der Waals surface area contributed by atoms with Crippen LogP contribution in [0.5, 0.6) is 0 Å². The van der Waals surface area contributed by atoms with Gasteiger partial charge in [0.15, 0.2) is 0 Å². The first-order valence-electron chi connectivity index (χ1n) is 1.87. The largest absolute Gasteiger partial charge is 1.00 e. The fourth-order valence-electron chi connectivity index (χ4n) is 0.160. The van der Waals surface area contributed by atoms with Crippen molar-refractivity contribution in [1.29, 1.82) is 0 Å². The second-order valence-corrected chi connectivity index (χ2v) is 1.03. The van der Waals surface area contributed by atoms with Gasteiger partial charge in [0.2, 0.25) is 6.20 Å². The molecule has 9 heavy (non-hydrogen) atoms. The van der Waals surface area contributed by atoms with E-state index in [0.717, 1.165) is 0 Å². The van der Waals surface area contributed by atoms with Crippen molar-refractivity contribution in [3.05, 3.63) is 22.2 Å². The fraction of sp³-hybridized carbons (Fsp3) is 0.333. The van der Waals surface area contributed by atoms with E-state index < -0.39 is 10.8 Å². The molecule has 0 saturated heterocycles. The van der Waals surface area contributed by atoms with Gasteiger partial charge in [-0.3, -0.25) is 10.1 Å². The summed E-state index contributed by atoms with van der Waals surface area (Å²) in [6.45, 7) is 0. The number of nitro groups is 1. The quantitative estimate of drug-likeness (QED) is 0.190. The van der Waals surface area contributed by atoms with E-state index in [1.165, 1.54) is 7.05 Å². The summed E-state index contributed by atoms with van der Waals surface area (Å²) in [6, 6.07) is 0. The van der Waals surface area contributed by atoms with Crippen molar-refractivity contribution in [3.8, 4) is 0 Å². The Morgan fingerprint density at radius 2 is 2.22 bits per heavy atom. The Kier molecular flexibility index (Phi) is 8.73. The van der Waals surface area contributed by atoms with Gasteiger partial charge >= 0.3 is 51.4 Å². The summed E-state index contributed by atoms with van der Waals surface area (Å²) >= 11 is 0. The van der Waals surface area contributed by atoms with Crippen LogP contribution in [0, 0.1) is 10.1 Å². The SMILES string of the molecule is CN/C([O-])=C/[N+](=O)[O-].[K+]. The number of rotatable bonds is 2. The number of nitrogens with zero attached hydrogens (tertiary/aromatic N) is 1. The maximum absolute atomic E-state index is 10.0. The van der Waals surface area contributed by atoms with Gasteiger partial charge in [-0.25, -0.2) is 0 Å². The zero-order valence-electron chi connectivity index (χ0n) is 5.25. The van der Waals surface area contributed by atoms with E-state index >= 15 is 0 Å². The first-order valence-corrected chi connectivity index (χ1v) is 1.87. The smallest absolute Gasteiger partial charge is 0.856 e. The maximum Gasteiger partial charge on any atom is 1.00 e. The molecule has 6 heteroatoms. The minimum absolute atomic E-state index is 0. The van der Waals surface area contributed by atoms with E-state index in [0.29, 0.717) is 6.20 Å². The molecule has 0 aliphatic carbocycles. The third kappa shape index (κ3) is 8.38. The van der Waals surface area contributed by atoms with Crippen molar-refractivity contribution >= 4 is 0 Å². The molecule has 5 nitrogen and oxygen atoms in total. The van der Waals surface area contributed by atoms with Gasteiger partial charge in [0, 0.05) is 12.9 Å². The molecule has 0 aromatic heterocycles. The normalized spacial score (nSPS) is 9.67. The van der Waals surface area contributed by atoms with Crippen LogP contribution >= 0.6 is 0 Å². The minimum Gasteiger partial charge on any atom is -0.856 e. The fourth-order valence-corrected chi connectivity index (χ4v) is 0.160. The Labute approximate surface area is 94.7 Å². The average molecular weight is 156 g/mol. The zero-order chi connectivity index (χ0) is 6.57. The second-order valence-electron chi connectivity index (χ2n) is 1.03. The van der Waals surface area contributed by atoms with Gasteiger partial charge in [-0.2, -0.15) is 0 Å². The van der Waals surface area contributed by atoms with Gasteiger partial charge in [0.05, 0.1) is 4.92 Å². The molecule has 0 aromatic rings. The molecule has 0 amide bonds. The molecule has 0 bridgehead atoms. The molecule has 0 aromatic carbocycles. The molecule has 0 saturated carbocycles. The van der Waals surface area contributed by atoms with Crippen molar-refractivity contribution in [1.82, 2.24) is 5.32 Å². The second kappa shape index (κ2) is 6.50. The predicted octanol–water partition coefficient (Wildman–Crippen LogP) is -4.35. The Morgan fingerprint density at radius 1 is 1.78 bits per heavy atom. The van der Waals surface area contributed by atoms with Crippen LogP contribution in [0.1, 0.15) is 0 Å². The van der Waals surface area contributed by atoms with Gasteiger partial charge in [0.25, 0.3) is 0 Å². The topological polar surface area (TPSA) is 78.2 Å². The van der Waals surface area contributed by atoms with E-state index in [4.69, 9.17) is 0 Å². The summed E-state index contributed by atoms with van der Waals surface area (Å²) in [5, 5.41) is 21.5. The van der Waals surface area contributed by atoms with Crippen molar-refractivity contribution in [2.75, 3.05) is 7.05 Å². The third-order valence-corrected chi connectivity index (χ3v) is 0.469. The van der Waals surface area contributed by atoms with Crippen LogP contribution in [-0.4, -0.2) is 12.0 Å². The molecule has 0 spiro atoms.